The van der Waals surface area contributed by atoms with Gasteiger partial charge in [-0.2, -0.15) is 0 Å². The Kier molecular flexibility index (Phi) is 7.66. The van der Waals surface area contributed by atoms with Gasteiger partial charge in [0, 0.05) is 25.4 Å². The first-order chi connectivity index (χ1) is 13.2. The summed E-state index contributed by atoms with van der Waals surface area (Å²) in [4.78, 5) is 12.9. The molecule has 3 nitrogen and oxygen atoms in total. The van der Waals surface area contributed by atoms with Crippen LogP contribution in [0.1, 0.15) is 22.2 Å². The predicted molar refractivity (Wildman–Crippen MR) is 111 cm³/mol. The molecule has 138 valence electrons. The lowest BCUT2D eigenvalue weighted by atomic mass is 10.2. The average Bonchev–Trinajstić information content (AvgIpc) is 3.24. The summed E-state index contributed by atoms with van der Waals surface area (Å²) in [7, 11) is 0. The predicted octanol–water partition coefficient (Wildman–Crippen LogP) is 6.14. The zero-order valence-corrected chi connectivity index (χ0v) is 17.0. The van der Waals surface area contributed by atoms with Crippen LogP contribution in [-0.4, -0.2) is 19.5 Å². The first-order valence-corrected chi connectivity index (χ1v) is 10.1. The second-order valence-corrected chi connectivity index (χ2v) is 7.80. The van der Waals surface area contributed by atoms with Crippen molar-refractivity contribution in [3.05, 3.63) is 94.5 Å². The van der Waals surface area contributed by atoms with E-state index in [-0.39, 0.29) is 6.29 Å². The molecule has 0 radical (unpaired) electrons. The molecule has 27 heavy (non-hydrogen) atoms. The maximum Gasteiger partial charge on any atom is 0.184 e. The molecule has 3 aromatic rings. The zero-order chi connectivity index (χ0) is 18.9. The molecule has 1 aliphatic rings. The van der Waals surface area contributed by atoms with Crippen LogP contribution >= 0.6 is 27.7 Å². The first kappa shape index (κ1) is 19.8. The van der Waals surface area contributed by atoms with Crippen molar-refractivity contribution in [1.29, 1.82) is 0 Å². The van der Waals surface area contributed by atoms with Gasteiger partial charge >= 0.3 is 0 Å². The van der Waals surface area contributed by atoms with Crippen LogP contribution in [0.15, 0.2) is 93.1 Å². The molecule has 1 heterocycles. The van der Waals surface area contributed by atoms with Crippen LogP contribution in [0.25, 0.3) is 0 Å². The third kappa shape index (κ3) is 6.33. The molecule has 1 saturated heterocycles. The van der Waals surface area contributed by atoms with Gasteiger partial charge in [0.25, 0.3) is 0 Å². The summed E-state index contributed by atoms with van der Waals surface area (Å²) in [6.07, 6.45) is 0.706. The molecule has 0 aliphatic carbocycles. The Morgan fingerprint density at radius 3 is 2.26 bits per heavy atom. The van der Waals surface area contributed by atoms with E-state index in [1.807, 2.05) is 66.7 Å². The van der Waals surface area contributed by atoms with Crippen molar-refractivity contribution in [3.8, 4) is 0 Å². The highest BCUT2D eigenvalue weighted by molar-refractivity contribution is 9.10. The third-order valence-corrected chi connectivity index (χ3v) is 5.21. The number of halogens is 1. The van der Waals surface area contributed by atoms with Gasteiger partial charge in [0.15, 0.2) is 6.29 Å². The highest BCUT2D eigenvalue weighted by Gasteiger charge is 2.17. The molecular formula is C22H19BrO3S. The van der Waals surface area contributed by atoms with Crippen LogP contribution in [0, 0.1) is 0 Å². The number of benzene rings is 3. The van der Waals surface area contributed by atoms with Gasteiger partial charge in [-0.3, -0.25) is 4.79 Å². The number of rotatable bonds is 4. The fourth-order valence-corrected chi connectivity index (χ4v) is 3.80. The van der Waals surface area contributed by atoms with Gasteiger partial charge in [0.05, 0.1) is 13.2 Å². The minimum atomic E-state index is -0.164. The van der Waals surface area contributed by atoms with Crippen LogP contribution in [0.4, 0.5) is 0 Å². The Labute approximate surface area is 171 Å². The van der Waals surface area contributed by atoms with Gasteiger partial charge in [0.2, 0.25) is 0 Å². The van der Waals surface area contributed by atoms with E-state index in [9.17, 15) is 4.79 Å². The van der Waals surface area contributed by atoms with Crippen molar-refractivity contribution >= 4 is 34.0 Å². The van der Waals surface area contributed by atoms with Crippen molar-refractivity contribution < 1.29 is 14.3 Å². The number of hydrogen-bond acceptors (Lipinski definition) is 4. The van der Waals surface area contributed by atoms with E-state index in [0.29, 0.717) is 13.2 Å². The summed E-state index contributed by atoms with van der Waals surface area (Å²) >= 11 is 5.06. The molecular weight excluding hydrogens is 424 g/mol. The van der Waals surface area contributed by atoms with Crippen LogP contribution in [0.3, 0.4) is 0 Å². The smallest absolute Gasteiger partial charge is 0.184 e. The molecule has 0 N–H and O–H groups in total. The van der Waals surface area contributed by atoms with Crippen LogP contribution in [0.5, 0.6) is 0 Å². The lowest BCUT2D eigenvalue weighted by Crippen LogP contribution is -1.96. The topological polar surface area (TPSA) is 35.5 Å². The molecule has 0 unspecified atom stereocenters. The number of carbonyl (C=O) groups is 1. The van der Waals surface area contributed by atoms with Crippen LogP contribution in [-0.2, 0) is 9.47 Å². The van der Waals surface area contributed by atoms with E-state index in [1.54, 1.807) is 11.8 Å². The Balaban J connectivity index is 0.000000159. The number of carbonyl (C=O) groups excluding carboxylic acids is 1. The van der Waals surface area contributed by atoms with E-state index in [1.165, 1.54) is 4.90 Å². The summed E-state index contributed by atoms with van der Waals surface area (Å²) in [5.41, 5.74) is 1.79. The van der Waals surface area contributed by atoms with Gasteiger partial charge in [-0.05, 0) is 36.4 Å². The monoisotopic (exact) mass is 442 g/mol. The van der Waals surface area contributed by atoms with Gasteiger partial charge in [-0.15, -0.1) is 0 Å². The number of aldehydes is 1. The first-order valence-electron chi connectivity index (χ1n) is 8.51. The number of hydrogen-bond donors (Lipinski definition) is 0. The van der Waals surface area contributed by atoms with Crippen LogP contribution < -0.4 is 0 Å². The Morgan fingerprint density at radius 1 is 0.852 bits per heavy atom. The molecule has 0 spiro atoms. The molecule has 0 atom stereocenters. The summed E-state index contributed by atoms with van der Waals surface area (Å²) in [6.45, 7) is 1.38. The van der Waals surface area contributed by atoms with E-state index < -0.39 is 0 Å². The van der Waals surface area contributed by atoms with E-state index in [0.717, 1.165) is 26.8 Å². The largest absolute Gasteiger partial charge is 0.346 e. The van der Waals surface area contributed by atoms with Gasteiger partial charge in [-0.25, -0.2) is 0 Å². The number of ether oxygens (including phenoxy) is 2. The van der Waals surface area contributed by atoms with Crippen molar-refractivity contribution in [2.75, 3.05) is 13.2 Å². The second kappa shape index (κ2) is 10.4. The second-order valence-electron chi connectivity index (χ2n) is 5.73. The van der Waals surface area contributed by atoms with E-state index in [2.05, 4.69) is 28.1 Å². The lowest BCUT2D eigenvalue weighted by Gasteiger charge is -2.08. The summed E-state index contributed by atoms with van der Waals surface area (Å²) in [5, 5.41) is 0. The Bertz CT molecular complexity index is 864. The fourth-order valence-electron chi connectivity index (χ4n) is 2.48. The normalized spacial score (nSPS) is 13.7. The maximum absolute atomic E-state index is 10.6. The molecule has 1 aliphatic heterocycles. The fraction of sp³-hybridized carbons (Fsp3) is 0.136. The minimum Gasteiger partial charge on any atom is -0.346 e. The molecule has 3 aromatic carbocycles. The van der Waals surface area contributed by atoms with E-state index in [4.69, 9.17) is 9.47 Å². The lowest BCUT2D eigenvalue weighted by molar-refractivity contribution is -0.0441. The molecule has 0 amide bonds. The average molecular weight is 443 g/mol. The van der Waals surface area contributed by atoms with Crippen LogP contribution in [0.2, 0.25) is 0 Å². The third-order valence-electron chi connectivity index (χ3n) is 3.72. The molecule has 0 saturated carbocycles. The summed E-state index contributed by atoms with van der Waals surface area (Å²) in [6, 6.07) is 25.7. The SMILES string of the molecule is Brc1cccc(C2OCCO2)c1.O=Cc1cccc(Sc2ccccc2)c1. The highest BCUT2D eigenvalue weighted by atomic mass is 79.9. The molecule has 0 aromatic heterocycles. The maximum atomic E-state index is 10.6. The summed E-state index contributed by atoms with van der Waals surface area (Å²) in [5.74, 6) is 0. The molecule has 5 heteroatoms. The molecule has 1 fully saturated rings. The molecule has 0 bridgehead atoms. The summed E-state index contributed by atoms with van der Waals surface area (Å²) < 4.78 is 11.8. The van der Waals surface area contributed by atoms with Crippen molar-refractivity contribution in [2.45, 2.75) is 16.1 Å². The Morgan fingerprint density at radius 2 is 1.56 bits per heavy atom. The van der Waals surface area contributed by atoms with Crippen molar-refractivity contribution in [1.82, 2.24) is 0 Å². The minimum absolute atomic E-state index is 0.164. The highest BCUT2D eigenvalue weighted by Crippen LogP contribution is 2.27. The van der Waals surface area contributed by atoms with Crippen molar-refractivity contribution in [2.24, 2.45) is 0 Å². The van der Waals surface area contributed by atoms with E-state index >= 15 is 0 Å². The molecule has 4 rings (SSSR count). The Hall–Kier alpha value is -1.92. The zero-order valence-electron chi connectivity index (χ0n) is 14.6. The van der Waals surface area contributed by atoms with Gasteiger partial charge in [0.1, 0.15) is 6.29 Å². The quantitative estimate of drug-likeness (QED) is 0.454. The van der Waals surface area contributed by atoms with Crippen molar-refractivity contribution in [3.63, 3.8) is 0 Å². The van der Waals surface area contributed by atoms with Gasteiger partial charge in [-0.1, -0.05) is 70.2 Å². The standard InChI is InChI=1S/C13H10OS.C9H9BrO2/c14-10-11-5-4-8-13(9-11)15-12-6-2-1-3-7-12;10-8-3-1-2-7(6-8)9-11-4-5-12-9/h1-10H;1-3,6,9H,4-5H2. The van der Waals surface area contributed by atoms with Gasteiger partial charge < -0.3 is 9.47 Å².